The molecule has 2 N–H and O–H groups in total. The van der Waals surface area contributed by atoms with E-state index in [9.17, 15) is 14.0 Å². The lowest BCUT2D eigenvalue weighted by molar-refractivity contribution is -0.143. The molecule has 0 bridgehead atoms. The number of carbonyl (C=O) groups is 1. The third kappa shape index (κ3) is 4.42. The number of rotatable bonds is 6. The van der Waals surface area contributed by atoms with E-state index in [4.69, 9.17) is 4.74 Å². The molecule has 0 saturated carbocycles. The number of nitrogens with zero attached hydrogens (tertiary/aromatic N) is 1. The van der Waals surface area contributed by atoms with Crippen LogP contribution in [-0.4, -0.2) is 27.8 Å². The lowest BCUT2D eigenvalue weighted by Gasteiger charge is -2.29. The summed E-state index contributed by atoms with van der Waals surface area (Å²) in [5.41, 5.74) is 1.36. The molecule has 1 aliphatic heterocycles. The standard InChI is InChI=1S/C21H22FN3O3S/c1-5-10-29-21-24-18-17(19(26)25-21)16(13-6-8-14(22)9-7-13)15(12(4)23-18)20(27)28-11(2)3/h5-9,11,16H,1,10H2,2-4H3,(H2,23,24,25,26)/t16-/m0/s1. The summed E-state index contributed by atoms with van der Waals surface area (Å²) < 4.78 is 18.9. The van der Waals surface area contributed by atoms with E-state index in [2.05, 4.69) is 21.9 Å². The summed E-state index contributed by atoms with van der Waals surface area (Å²) in [6, 6.07) is 5.72. The summed E-state index contributed by atoms with van der Waals surface area (Å²) in [6.45, 7) is 8.90. The zero-order valence-corrected chi connectivity index (χ0v) is 17.2. The summed E-state index contributed by atoms with van der Waals surface area (Å²) in [4.78, 5) is 33.1. The minimum Gasteiger partial charge on any atom is -0.460 e. The maximum Gasteiger partial charge on any atom is 0.337 e. The lowest BCUT2D eigenvalue weighted by Crippen LogP contribution is -2.31. The van der Waals surface area contributed by atoms with Crippen LogP contribution in [0.25, 0.3) is 0 Å². The Kier molecular flexibility index (Phi) is 6.22. The molecule has 2 heterocycles. The van der Waals surface area contributed by atoms with Crippen LogP contribution in [0, 0.1) is 5.82 Å². The minimum atomic E-state index is -0.729. The number of fused-ring (bicyclic) bond motifs is 1. The first-order valence-corrected chi connectivity index (χ1v) is 10.1. The molecular weight excluding hydrogens is 393 g/mol. The molecule has 1 aliphatic rings. The van der Waals surface area contributed by atoms with E-state index in [1.807, 2.05) is 0 Å². The van der Waals surface area contributed by atoms with Crippen LogP contribution in [0.15, 0.2) is 58.1 Å². The Morgan fingerprint density at radius 2 is 2.07 bits per heavy atom. The number of carbonyl (C=O) groups excluding carboxylic acids is 1. The Hall–Kier alpha value is -2.87. The van der Waals surface area contributed by atoms with Crippen molar-refractivity contribution in [3.8, 4) is 0 Å². The first-order chi connectivity index (χ1) is 13.8. The summed E-state index contributed by atoms with van der Waals surface area (Å²) >= 11 is 1.34. The molecule has 0 amide bonds. The second kappa shape index (κ2) is 8.65. The van der Waals surface area contributed by atoms with Gasteiger partial charge in [0.25, 0.3) is 5.56 Å². The van der Waals surface area contributed by atoms with Crippen LogP contribution in [0.2, 0.25) is 0 Å². The van der Waals surface area contributed by atoms with E-state index >= 15 is 0 Å². The minimum absolute atomic E-state index is 0.292. The lowest BCUT2D eigenvalue weighted by atomic mass is 9.82. The van der Waals surface area contributed by atoms with Crippen molar-refractivity contribution in [3.63, 3.8) is 0 Å². The zero-order chi connectivity index (χ0) is 21.1. The first-order valence-electron chi connectivity index (χ1n) is 9.14. The largest absolute Gasteiger partial charge is 0.460 e. The van der Waals surface area contributed by atoms with Crippen LogP contribution >= 0.6 is 11.8 Å². The Bertz CT molecular complexity index is 1030. The van der Waals surface area contributed by atoms with Gasteiger partial charge in [-0.15, -0.1) is 6.58 Å². The van der Waals surface area contributed by atoms with Crippen molar-refractivity contribution < 1.29 is 13.9 Å². The van der Waals surface area contributed by atoms with E-state index in [1.54, 1.807) is 39.0 Å². The van der Waals surface area contributed by atoms with Gasteiger partial charge in [0.15, 0.2) is 5.16 Å². The van der Waals surface area contributed by atoms with Crippen molar-refractivity contribution in [1.29, 1.82) is 0 Å². The summed E-state index contributed by atoms with van der Waals surface area (Å²) in [5, 5.41) is 3.51. The van der Waals surface area contributed by atoms with Crippen molar-refractivity contribution in [2.24, 2.45) is 0 Å². The van der Waals surface area contributed by atoms with Gasteiger partial charge in [-0.1, -0.05) is 30.0 Å². The first kappa shape index (κ1) is 20.9. The molecule has 0 fully saturated rings. The monoisotopic (exact) mass is 415 g/mol. The highest BCUT2D eigenvalue weighted by molar-refractivity contribution is 7.99. The number of allylic oxidation sites excluding steroid dienone is 1. The molecular formula is C21H22FN3O3S. The topological polar surface area (TPSA) is 84.1 Å². The van der Waals surface area contributed by atoms with Crippen molar-refractivity contribution in [2.75, 3.05) is 11.1 Å². The van der Waals surface area contributed by atoms with Gasteiger partial charge >= 0.3 is 5.97 Å². The fourth-order valence-electron chi connectivity index (χ4n) is 3.17. The molecule has 0 radical (unpaired) electrons. The third-order valence-corrected chi connectivity index (χ3v) is 5.19. The molecule has 152 valence electrons. The number of thioether (sulfide) groups is 1. The number of nitrogens with one attached hydrogen (secondary N) is 2. The zero-order valence-electron chi connectivity index (χ0n) is 16.4. The maximum absolute atomic E-state index is 13.5. The Morgan fingerprint density at radius 1 is 1.38 bits per heavy atom. The average Bonchev–Trinajstić information content (AvgIpc) is 2.65. The smallest absolute Gasteiger partial charge is 0.337 e. The molecule has 6 nitrogen and oxygen atoms in total. The molecule has 3 rings (SSSR count). The Labute approximate surface area is 172 Å². The van der Waals surface area contributed by atoms with Crippen molar-refractivity contribution in [3.05, 3.63) is 75.5 Å². The van der Waals surface area contributed by atoms with Crippen molar-refractivity contribution >= 4 is 23.5 Å². The third-order valence-electron chi connectivity index (χ3n) is 4.32. The molecule has 0 unspecified atom stereocenters. The highest BCUT2D eigenvalue weighted by atomic mass is 32.2. The van der Waals surface area contributed by atoms with Crippen LogP contribution in [0.1, 0.15) is 37.8 Å². The normalized spacial score (nSPS) is 15.7. The number of anilines is 1. The fraction of sp³-hybridized carbons (Fsp3) is 0.286. The van der Waals surface area contributed by atoms with E-state index < -0.39 is 17.7 Å². The molecule has 1 aromatic heterocycles. The number of halogens is 1. The predicted octanol–water partition coefficient (Wildman–Crippen LogP) is 3.97. The van der Waals surface area contributed by atoms with Gasteiger partial charge in [-0.05, 0) is 38.5 Å². The van der Waals surface area contributed by atoms with E-state index in [0.29, 0.717) is 39.1 Å². The Balaban J connectivity index is 2.18. The maximum atomic E-state index is 13.5. The number of esters is 1. The number of aromatic nitrogens is 2. The van der Waals surface area contributed by atoms with Crippen molar-refractivity contribution in [1.82, 2.24) is 9.97 Å². The van der Waals surface area contributed by atoms with Crippen LogP contribution < -0.4 is 10.9 Å². The fourth-order valence-corrected chi connectivity index (χ4v) is 3.77. The number of benzene rings is 1. The van der Waals surface area contributed by atoms with E-state index in [-0.39, 0.29) is 11.7 Å². The Morgan fingerprint density at radius 3 is 2.69 bits per heavy atom. The van der Waals surface area contributed by atoms with Gasteiger partial charge < -0.3 is 15.0 Å². The van der Waals surface area contributed by atoms with E-state index in [1.165, 1.54) is 23.9 Å². The molecule has 1 atom stereocenters. The van der Waals surface area contributed by atoms with Crippen LogP contribution in [0.3, 0.4) is 0 Å². The second-order valence-corrected chi connectivity index (χ2v) is 7.84. The van der Waals surface area contributed by atoms with Crippen molar-refractivity contribution in [2.45, 2.75) is 37.9 Å². The number of H-pyrrole nitrogens is 1. The molecule has 2 aromatic rings. The van der Waals surface area contributed by atoms with Crippen LogP contribution in [-0.2, 0) is 9.53 Å². The molecule has 8 heteroatoms. The van der Waals surface area contributed by atoms with Gasteiger partial charge in [-0.25, -0.2) is 14.2 Å². The quantitative estimate of drug-likeness (QED) is 0.321. The van der Waals surface area contributed by atoms with E-state index in [0.717, 1.165) is 0 Å². The van der Waals surface area contributed by atoms with Gasteiger partial charge in [0.05, 0.1) is 23.2 Å². The molecule has 29 heavy (non-hydrogen) atoms. The van der Waals surface area contributed by atoms with Gasteiger partial charge in [0.1, 0.15) is 11.6 Å². The summed E-state index contributed by atoms with van der Waals surface area (Å²) in [5.74, 6) is -0.710. The highest BCUT2D eigenvalue weighted by Gasteiger charge is 2.36. The van der Waals surface area contributed by atoms with Crippen LogP contribution in [0.5, 0.6) is 0 Å². The molecule has 0 saturated heterocycles. The van der Waals surface area contributed by atoms with Gasteiger partial charge in [0, 0.05) is 11.4 Å². The molecule has 1 aromatic carbocycles. The molecule has 0 aliphatic carbocycles. The predicted molar refractivity (Wildman–Crippen MR) is 112 cm³/mol. The number of aromatic amines is 1. The average molecular weight is 415 g/mol. The summed E-state index contributed by atoms with van der Waals surface area (Å²) in [6.07, 6.45) is 1.39. The van der Waals surface area contributed by atoms with Gasteiger partial charge in [-0.2, -0.15) is 0 Å². The van der Waals surface area contributed by atoms with Gasteiger partial charge in [-0.3, -0.25) is 4.79 Å². The SMILES string of the molecule is C=CCSc1nc2c(c(=O)[nH]1)[C@@H](c1ccc(F)cc1)C(C(=O)OC(C)C)=C(C)N2. The highest BCUT2D eigenvalue weighted by Crippen LogP contribution is 2.40. The van der Waals surface area contributed by atoms with Gasteiger partial charge in [0.2, 0.25) is 0 Å². The molecule has 0 spiro atoms. The number of hydrogen-bond donors (Lipinski definition) is 2. The summed E-state index contributed by atoms with van der Waals surface area (Å²) in [7, 11) is 0. The number of hydrogen-bond acceptors (Lipinski definition) is 6. The second-order valence-electron chi connectivity index (χ2n) is 6.84. The number of ether oxygens (including phenoxy) is 1. The van der Waals surface area contributed by atoms with Crippen LogP contribution in [0.4, 0.5) is 10.2 Å².